The number of rotatable bonds is 7. The molecule has 0 bridgehead atoms. The van der Waals surface area contributed by atoms with Gasteiger partial charge in [0.15, 0.2) is 17.0 Å². The van der Waals surface area contributed by atoms with E-state index in [0.717, 1.165) is 5.56 Å². The van der Waals surface area contributed by atoms with Gasteiger partial charge in [0.25, 0.3) is 11.9 Å². The summed E-state index contributed by atoms with van der Waals surface area (Å²) in [5, 5.41) is 15.4. The number of amides is 1. The zero-order valence-electron chi connectivity index (χ0n) is 19.9. The summed E-state index contributed by atoms with van der Waals surface area (Å²) in [6.07, 6.45) is 0. The van der Waals surface area contributed by atoms with Crippen LogP contribution in [0.3, 0.4) is 0 Å². The van der Waals surface area contributed by atoms with Crippen LogP contribution < -0.4 is 14.8 Å². The molecule has 1 saturated heterocycles. The molecule has 3 atom stereocenters. The van der Waals surface area contributed by atoms with E-state index >= 15 is 0 Å². The summed E-state index contributed by atoms with van der Waals surface area (Å²) in [6, 6.07) is 17.2. The number of benzene rings is 3. The molecule has 0 aromatic heterocycles. The first-order valence-electron chi connectivity index (χ1n) is 11.8. The second-order valence-corrected chi connectivity index (χ2v) is 9.04. The number of halogens is 1. The van der Waals surface area contributed by atoms with Crippen molar-refractivity contribution in [3.05, 3.63) is 99.4 Å². The summed E-state index contributed by atoms with van der Waals surface area (Å²) in [4.78, 5) is 27.3. The number of anilines is 1. The maximum atomic E-state index is 13.3. The van der Waals surface area contributed by atoms with Crippen molar-refractivity contribution in [1.82, 2.24) is 4.90 Å². The van der Waals surface area contributed by atoms with E-state index in [0.29, 0.717) is 41.5 Å². The average Bonchev–Trinajstić information content (AvgIpc) is 3.34. The van der Waals surface area contributed by atoms with Crippen LogP contribution in [0, 0.1) is 15.9 Å². The highest BCUT2D eigenvalue weighted by Gasteiger charge is 2.68. The fraction of sp³-hybridized carbons (Fsp3) is 0.296. The monoisotopic (exact) mass is 491 g/mol. The van der Waals surface area contributed by atoms with E-state index in [4.69, 9.17) is 9.47 Å². The molecule has 1 spiro atoms. The fourth-order valence-corrected chi connectivity index (χ4v) is 5.46. The Balaban J connectivity index is 1.49. The summed E-state index contributed by atoms with van der Waals surface area (Å²) in [5.74, 6) is -0.338. The Hall–Kier alpha value is -3.98. The van der Waals surface area contributed by atoms with E-state index in [9.17, 15) is 19.3 Å². The lowest BCUT2D eigenvalue weighted by Gasteiger charge is -2.30. The first-order chi connectivity index (χ1) is 17.4. The first kappa shape index (κ1) is 23.7. The minimum absolute atomic E-state index is 0.212. The topological polar surface area (TPSA) is 93.9 Å². The summed E-state index contributed by atoms with van der Waals surface area (Å²) < 4.78 is 24.9. The molecule has 0 radical (unpaired) electrons. The number of fused-ring (bicyclic) bond motifs is 2. The zero-order valence-corrected chi connectivity index (χ0v) is 19.9. The van der Waals surface area contributed by atoms with E-state index in [1.165, 1.54) is 12.1 Å². The van der Waals surface area contributed by atoms with E-state index in [1.54, 1.807) is 66.5 Å². The molecule has 3 aromatic rings. The molecule has 9 heteroatoms. The number of likely N-dealkylation sites (tertiary alicyclic amines) is 1. The maximum absolute atomic E-state index is 13.3. The number of para-hydroxylation sites is 1. The number of nitro groups is 1. The highest BCUT2D eigenvalue weighted by molar-refractivity contribution is 6.06. The number of carbonyl (C=O) groups excluding carboxylic acids is 1. The largest absolute Gasteiger partial charge is 0.490 e. The molecule has 36 heavy (non-hydrogen) atoms. The molecular weight excluding hydrogens is 465 g/mol. The van der Waals surface area contributed by atoms with E-state index in [1.807, 2.05) is 6.92 Å². The van der Waals surface area contributed by atoms with Crippen LogP contribution in [-0.4, -0.2) is 42.0 Å². The average molecular weight is 492 g/mol. The van der Waals surface area contributed by atoms with Crippen LogP contribution >= 0.6 is 0 Å². The van der Waals surface area contributed by atoms with Gasteiger partial charge in [0.1, 0.15) is 12.4 Å². The number of nitrogens with zero attached hydrogens (tertiary/aromatic N) is 2. The second kappa shape index (κ2) is 9.23. The smallest absolute Gasteiger partial charge is 0.256 e. The summed E-state index contributed by atoms with van der Waals surface area (Å²) in [5.41, 5.74) is 1.29. The lowest BCUT2D eigenvalue weighted by molar-refractivity contribution is -0.534. The molecule has 0 unspecified atom stereocenters. The number of likely N-dealkylation sites (N-methyl/N-ethyl adjacent to an activating group) is 1. The number of hydrogen-bond donors (Lipinski definition) is 1. The van der Waals surface area contributed by atoms with Crippen molar-refractivity contribution in [1.29, 1.82) is 0 Å². The van der Waals surface area contributed by atoms with E-state index in [-0.39, 0.29) is 23.3 Å². The molecular formula is C27H26FN3O5. The molecule has 1 fully saturated rings. The molecule has 0 saturated carbocycles. The van der Waals surface area contributed by atoms with Gasteiger partial charge in [0, 0.05) is 22.7 Å². The van der Waals surface area contributed by atoms with Crippen LogP contribution in [0.25, 0.3) is 0 Å². The summed E-state index contributed by atoms with van der Waals surface area (Å²) >= 11 is 0. The molecule has 1 N–H and O–H groups in total. The molecule has 186 valence electrons. The maximum Gasteiger partial charge on any atom is 0.256 e. The van der Waals surface area contributed by atoms with Crippen LogP contribution in [0.2, 0.25) is 0 Å². The van der Waals surface area contributed by atoms with E-state index < -0.39 is 17.5 Å². The molecule has 1 amide bonds. The second-order valence-electron chi connectivity index (χ2n) is 9.04. The third kappa shape index (κ3) is 3.76. The normalized spacial score (nSPS) is 22.9. The van der Waals surface area contributed by atoms with Gasteiger partial charge in [-0.1, -0.05) is 36.4 Å². The van der Waals surface area contributed by atoms with Crippen molar-refractivity contribution in [2.24, 2.45) is 0 Å². The van der Waals surface area contributed by atoms with Gasteiger partial charge in [-0.25, -0.2) is 4.39 Å². The quantitative estimate of drug-likeness (QED) is 0.391. The Morgan fingerprint density at radius 1 is 1.11 bits per heavy atom. The Kier molecular flexibility index (Phi) is 6.09. The lowest BCUT2D eigenvalue weighted by atomic mass is 9.79. The zero-order chi connectivity index (χ0) is 25.4. The van der Waals surface area contributed by atoms with Gasteiger partial charge in [0.2, 0.25) is 0 Å². The summed E-state index contributed by atoms with van der Waals surface area (Å²) in [6.45, 7) is 2.74. The fourth-order valence-electron chi connectivity index (χ4n) is 5.46. The molecule has 2 heterocycles. The van der Waals surface area contributed by atoms with Crippen molar-refractivity contribution in [2.75, 3.05) is 25.5 Å². The van der Waals surface area contributed by atoms with Gasteiger partial charge >= 0.3 is 0 Å². The van der Waals surface area contributed by atoms with Crippen LogP contribution in [0.4, 0.5) is 10.1 Å². The van der Waals surface area contributed by atoms with Gasteiger partial charge in [-0.2, -0.15) is 0 Å². The number of carbonyl (C=O) groups is 1. The number of ether oxygens (including phenoxy) is 2. The Morgan fingerprint density at radius 2 is 1.86 bits per heavy atom. The van der Waals surface area contributed by atoms with Gasteiger partial charge in [0.05, 0.1) is 12.5 Å². The predicted molar refractivity (Wildman–Crippen MR) is 131 cm³/mol. The van der Waals surface area contributed by atoms with Crippen LogP contribution in [0.1, 0.15) is 29.5 Å². The van der Waals surface area contributed by atoms with Crippen molar-refractivity contribution >= 4 is 11.6 Å². The van der Waals surface area contributed by atoms with Crippen molar-refractivity contribution in [3.63, 3.8) is 0 Å². The Labute approximate surface area is 207 Å². The minimum Gasteiger partial charge on any atom is -0.490 e. The Morgan fingerprint density at radius 3 is 2.58 bits per heavy atom. The van der Waals surface area contributed by atoms with Gasteiger partial charge in [-0.3, -0.25) is 19.8 Å². The predicted octanol–water partition coefficient (Wildman–Crippen LogP) is 4.33. The van der Waals surface area contributed by atoms with Crippen molar-refractivity contribution in [2.45, 2.75) is 31.0 Å². The van der Waals surface area contributed by atoms with Crippen molar-refractivity contribution in [3.8, 4) is 11.5 Å². The lowest BCUT2D eigenvalue weighted by Crippen LogP contribution is -2.54. The SMILES string of the molecule is CCOc1cc([C@@H]2CN(C)[C@@]3(C(=O)Nc4ccccc43)[C@@H]2[N+](=O)[O-])ccc1OCc1ccc(F)cc1. The van der Waals surface area contributed by atoms with Gasteiger partial charge < -0.3 is 14.8 Å². The van der Waals surface area contributed by atoms with Crippen LogP contribution in [-0.2, 0) is 16.9 Å². The van der Waals surface area contributed by atoms with E-state index in [2.05, 4.69) is 5.32 Å². The Bertz CT molecular complexity index is 1320. The number of nitrogens with one attached hydrogen (secondary N) is 1. The molecule has 2 aliphatic heterocycles. The molecule has 8 nitrogen and oxygen atoms in total. The number of hydrogen-bond acceptors (Lipinski definition) is 6. The molecule has 3 aromatic carbocycles. The van der Waals surface area contributed by atoms with Gasteiger partial charge in [-0.05, 0) is 55.4 Å². The van der Waals surface area contributed by atoms with Crippen molar-refractivity contribution < 1.29 is 23.6 Å². The molecule has 2 aliphatic rings. The van der Waals surface area contributed by atoms with Crippen LogP contribution in [0.15, 0.2) is 66.7 Å². The molecule has 5 rings (SSSR count). The third-order valence-electron chi connectivity index (χ3n) is 7.04. The standard InChI is InChI=1S/C27H26FN3O5/c1-3-35-24-14-18(10-13-23(24)36-16-17-8-11-19(28)12-9-17)20-15-30(2)27(25(20)31(33)34)21-6-4-5-7-22(21)29-26(27)32/h4-14,20,25H,3,15-16H2,1-2H3,(H,29,32)/t20-,25+,27+/m0/s1. The van der Waals surface area contributed by atoms with Crippen LogP contribution in [0.5, 0.6) is 11.5 Å². The highest BCUT2D eigenvalue weighted by Crippen LogP contribution is 2.52. The first-order valence-corrected chi connectivity index (χ1v) is 11.8. The van der Waals surface area contributed by atoms with Gasteiger partial charge in [-0.15, -0.1) is 0 Å². The third-order valence-corrected chi connectivity index (χ3v) is 7.04. The highest BCUT2D eigenvalue weighted by atomic mass is 19.1. The molecule has 0 aliphatic carbocycles. The summed E-state index contributed by atoms with van der Waals surface area (Å²) in [7, 11) is 1.75. The minimum atomic E-state index is -1.41.